The minimum Gasteiger partial charge on any atom is -0.462 e. The van der Waals surface area contributed by atoms with Crippen molar-refractivity contribution in [2.24, 2.45) is 17.8 Å². The van der Waals surface area contributed by atoms with Crippen molar-refractivity contribution >= 4 is 11.9 Å². The van der Waals surface area contributed by atoms with Gasteiger partial charge in [-0.25, -0.2) is 0 Å². The molecule has 562 valence electrons. The van der Waals surface area contributed by atoms with E-state index in [9.17, 15) is 122 Å². The van der Waals surface area contributed by atoms with Crippen LogP contribution in [0.5, 0.6) is 0 Å². The Morgan fingerprint density at radius 1 is 0.602 bits per heavy atom. The molecule has 0 aliphatic carbocycles. The van der Waals surface area contributed by atoms with E-state index in [2.05, 4.69) is 10.6 Å². The summed E-state index contributed by atoms with van der Waals surface area (Å²) in [5.41, 5.74) is 0. The number of fused-ring (bicyclic) bond motifs is 2. The van der Waals surface area contributed by atoms with Gasteiger partial charge in [0.05, 0.1) is 118 Å². The average molecular weight is 1410 g/mol. The summed E-state index contributed by atoms with van der Waals surface area (Å²) in [5.74, 6) is -9.89. The van der Waals surface area contributed by atoms with Gasteiger partial charge in [-0.2, -0.15) is 0 Å². The number of carbonyl (C=O) groups is 2. The molecule has 32 atom stereocenters. The molecule has 98 heavy (non-hydrogen) atoms. The van der Waals surface area contributed by atoms with Crippen LogP contribution in [0.25, 0.3) is 0 Å². The summed E-state index contributed by atoms with van der Waals surface area (Å²) in [4.78, 5) is 27.1. The van der Waals surface area contributed by atoms with Crippen LogP contribution >= 0.6 is 0 Å². The van der Waals surface area contributed by atoms with E-state index < -0.39 is 265 Å². The van der Waals surface area contributed by atoms with Crippen LogP contribution in [-0.4, -0.2) is 334 Å². The zero-order valence-electron chi connectivity index (χ0n) is 55.1. The van der Waals surface area contributed by atoms with Gasteiger partial charge in [-0.05, 0) is 33.1 Å². The van der Waals surface area contributed by atoms with Gasteiger partial charge in [0.1, 0.15) is 73.2 Å². The standard InChI is InChI=1S/C65H106N2O31/c1-32-17-15-13-11-9-7-5-6-8-10-12-14-16-18-39(95-62-56(85)50(52(81)35(4)94-62)67-31-65(91)60(88)59(45(78)30-92-65)97-63-58(87)57(86)55(84)47(29-69)96-63)24-46-49(61(89)66-27-43(76)53(82)54(83)44(77)28-68)42(75)26-64(90,98-46)25-38(72)22-41(74)40(73)20-19-36(70)21-37(71)23-48(79)93-34(3)33(2)51(32)80/h5-18,32-47,49-60,62-63,67-78,80-88,90-91H,19-31H2,1-4H3,(H,66,89)/b6-5+,9-7+,10-8+,13-11+,14-12+,17-15+,18-16+/t32-,33-,34-,35+,36+,37+,38-,39-,40+,41+,42-,43?,44?,45+,46?,47+,49?,50-,51+,52+,53?,54?,55+,56-,57-,58+,59+,60-,62?,63?,64+,65+/m0/s1. The van der Waals surface area contributed by atoms with Gasteiger partial charge in [0.15, 0.2) is 18.4 Å². The first-order chi connectivity index (χ1) is 46.1. The first-order valence-electron chi connectivity index (χ1n) is 32.9. The van der Waals surface area contributed by atoms with Crippen LogP contribution in [0.3, 0.4) is 0 Å². The smallest absolute Gasteiger partial charge is 0.308 e. The molecule has 1 amide bonds. The van der Waals surface area contributed by atoms with Crippen LogP contribution in [0.2, 0.25) is 0 Å². The number of amides is 1. The molecular formula is C65H106N2O31. The maximum Gasteiger partial charge on any atom is 0.308 e. The lowest BCUT2D eigenvalue weighted by Gasteiger charge is -2.48. The summed E-state index contributed by atoms with van der Waals surface area (Å²) in [6.45, 7) is 2.12. The average Bonchev–Trinajstić information content (AvgIpc) is 0.791. The van der Waals surface area contributed by atoms with Crippen LogP contribution in [0.15, 0.2) is 85.1 Å². The lowest BCUT2D eigenvalue weighted by atomic mass is 9.82. The second-order valence-corrected chi connectivity index (χ2v) is 26.1. The molecule has 5 aliphatic rings. The molecule has 33 nitrogen and oxygen atoms in total. The topological polar surface area (TPSA) is 568 Å². The van der Waals surface area contributed by atoms with E-state index in [0.29, 0.717) is 0 Å². The summed E-state index contributed by atoms with van der Waals surface area (Å²) in [6.07, 6.45) is -25.4. The van der Waals surface area contributed by atoms with E-state index in [4.69, 9.17) is 33.2 Å². The Morgan fingerprint density at radius 2 is 1.19 bits per heavy atom. The largest absolute Gasteiger partial charge is 0.462 e. The number of ether oxygens (including phenoxy) is 7. The quantitative estimate of drug-likeness (QED) is 0.0677. The molecule has 0 aromatic carbocycles. The predicted molar refractivity (Wildman–Crippen MR) is 339 cm³/mol. The molecule has 4 saturated heterocycles. The molecule has 33 heteroatoms. The summed E-state index contributed by atoms with van der Waals surface area (Å²) in [6, 6.07) is -1.56. The van der Waals surface area contributed by atoms with Gasteiger partial charge in [-0.3, -0.25) is 9.59 Å². The zero-order chi connectivity index (χ0) is 72.9. The highest BCUT2D eigenvalue weighted by Gasteiger charge is 2.55. The van der Waals surface area contributed by atoms with Crippen molar-refractivity contribution in [3.8, 4) is 0 Å². The lowest BCUT2D eigenvalue weighted by molar-refractivity contribution is -0.368. The van der Waals surface area contributed by atoms with E-state index in [1.807, 2.05) is 0 Å². The van der Waals surface area contributed by atoms with Crippen molar-refractivity contribution in [3.63, 3.8) is 0 Å². The molecule has 8 unspecified atom stereocenters. The van der Waals surface area contributed by atoms with Crippen molar-refractivity contribution in [1.82, 2.24) is 10.6 Å². The van der Waals surface area contributed by atoms with Gasteiger partial charge in [0, 0.05) is 44.1 Å². The summed E-state index contributed by atoms with van der Waals surface area (Å²) in [7, 11) is 0. The highest BCUT2D eigenvalue weighted by Crippen LogP contribution is 2.39. The maximum absolute atomic E-state index is 14.3. The molecule has 5 rings (SSSR count). The zero-order valence-corrected chi connectivity index (χ0v) is 55.1. The van der Waals surface area contributed by atoms with E-state index in [0.717, 1.165) is 0 Å². The summed E-state index contributed by atoms with van der Waals surface area (Å²) >= 11 is 0. The number of rotatable bonds is 15. The maximum atomic E-state index is 14.3. The van der Waals surface area contributed by atoms with Crippen molar-refractivity contribution in [3.05, 3.63) is 85.1 Å². The van der Waals surface area contributed by atoms with Crippen LogP contribution in [-0.2, 0) is 42.7 Å². The van der Waals surface area contributed by atoms with E-state index in [1.165, 1.54) is 25.2 Å². The van der Waals surface area contributed by atoms with Gasteiger partial charge in [-0.1, -0.05) is 98.9 Å². The molecule has 2 bridgehead atoms. The number of hydrogen-bond acceptors (Lipinski definition) is 32. The third-order valence-corrected chi connectivity index (χ3v) is 18.2. The minimum atomic E-state index is -2.74. The minimum absolute atomic E-state index is 0.215. The molecule has 0 saturated carbocycles. The molecule has 0 aromatic heterocycles. The summed E-state index contributed by atoms with van der Waals surface area (Å²) in [5, 5.41) is 244. The number of nitrogens with one attached hydrogen (secondary N) is 2. The molecule has 0 aromatic rings. The predicted octanol–water partition coefficient (Wildman–Crippen LogP) is -7.56. The van der Waals surface area contributed by atoms with Crippen molar-refractivity contribution in [1.29, 1.82) is 0 Å². The number of aliphatic hydroxyl groups is 22. The second-order valence-electron chi connectivity index (χ2n) is 26.1. The molecule has 5 heterocycles. The third-order valence-electron chi connectivity index (χ3n) is 18.2. The number of cyclic esters (lactones) is 1. The van der Waals surface area contributed by atoms with Gasteiger partial charge in [0.25, 0.3) is 0 Å². The number of esters is 1. The van der Waals surface area contributed by atoms with Crippen LogP contribution < -0.4 is 10.6 Å². The molecule has 0 radical (unpaired) electrons. The fraction of sp³-hybridized carbons (Fsp3) is 0.754. The molecule has 24 N–H and O–H groups in total. The molecule has 0 spiro atoms. The Morgan fingerprint density at radius 3 is 1.81 bits per heavy atom. The fourth-order valence-corrected chi connectivity index (χ4v) is 12.0. The SMILES string of the molecule is C[C@@H]1[C@H](O)[C@@H](C)/C=C/C=C/C=C/C=C/C=C/C=C/C=C/[C@H](OC2O[C@H](C)[C@@H](O)[C@H](NC[C@@]3(O)OC[C@@H](O)[C@@H](OC4O[C@H](CO)[C@@H](O)[C@H](O)[C@H]4O)[C@@H]3O)[C@@H]2O)CC2O[C@](O)(C[C@@H](O)C[C@@H](O)[C@H](O)CC[C@@H](O)C[C@@H](O)CC(=O)O[C@H]1C)C[C@H](O)C2C(=O)NCC(O)C(O)C(O)C(O)CO. The highest BCUT2D eigenvalue weighted by molar-refractivity contribution is 5.80. The van der Waals surface area contributed by atoms with Gasteiger partial charge >= 0.3 is 5.97 Å². The molecule has 5 aliphatic heterocycles. The van der Waals surface area contributed by atoms with E-state index in [1.54, 1.807) is 87.6 Å². The van der Waals surface area contributed by atoms with Crippen LogP contribution in [0.4, 0.5) is 0 Å². The number of allylic oxidation sites excluding steroid dienone is 12. The van der Waals surface area contributed by atoms with Gasteiger partial charge < -0.3 is 156 Å². The van der Waals surface area contributed by atoms with Gasteiger partial charge in [-0.15, -0.1) is 0 Å². The number of aliphatic hydroxyl groups excluding tert-OH is 20. The Kier molecular flexibility index (Phi) is 34.6. The first-order valence-corrected chi connectivity index (χ1v) is 32.9. The Balaban J connectivity index is 1.46. The molecular weight excluding hydrogens is 1300 g/mol. The fourth-order valence-electron chi connectivity index (χ4n) is 12.0. The first kappa shape index (κ1) is 84.6. The Labute approximate surface area is 567 Å². The second kappa shape index (κ2) is 40.1. The summed E-state index contributed by atoms with van der Waals surface area (Å²) < 4.78 is 40.4. The lowest BCUT2D eigenvalue weighted by Crippen LogP contribution is -2.70. The normalized spacial score (nSPS) is 45.0. The third kappa shape index (κ3) is 24.6. The van der Waals surface area contributed by atoms with Gasteiger partial charge in [0.2, 0.25) is 11.7 Å². The van der Waals surface area contributed by atoms with Crippen molar-refractivity contribution in [2.75, 3.05) is 32.9 Å². The number of hydrogen-bond donors (Lipinski definition) is 24. The van der Waals surface area contributed by atoms with Crippen LogP contribution in [0, 0.1) is 17.8 Å². The molecule has 4 fully saturated rings. The van der Waals surface area contributed by atoms with Crippen molar-refractivity contribution in [2.45, 2.75) is 256 Å². The van der Waals surface area contributed by atoms with E-state index >= 15 is 0 Å². The highest BCUT2D eigenvalue weighted by atomic mass is 16.7. The van der Waals surface area contributed by atoms with E-state index in [-0.39, 0.29) is 25.2 Å². The Hall–Kier alpha value is -4.04. The van der Waals surface area contributed by atoms with Crippen LogP contribution in [0.1, 0.15) is 79.1 Å². The monoisotopic (exact) mass is 1410 g/mol. The van der Waals surface area contributed by atoms with Crippen molar-refractivity contribution < 1.29 is 155 Å². The Bertz CT molecular complexity index is 2600. The number of carbonyl (C=O) groups excluding carboxylic acids is 2.